The predicted molar refractivity (Wildman–Crippen MR) is 190 cm³/mol. The average molecular weight is 602 g/mol. The monoisotopic (exact) mass is 601 g/mol. The summed E-state index contributed by atoms with van der Waals surface area (Å²) in [5, 5.41) is 2.31. The standard InChI is InChI=1S/C41H26N2OS/c1-2-8-27(9-3-1)29-14-18-32(19-15-29)43(33-20-16-28-10-4-5-11-30(28)24-33)34-21-23-38-36(26-34)35-22-17-31(25-39(35)44-38)41-42-37-12-6-7-13-40(37)45-41/h1-26H/i4D,5D,10D,11D,16D,20D,24D. The molecule has 0 aliphatic heterocycles. The van der Waals surface area contributed by atoms with Crippen LogP contribution in [-0.2, 0) is 0 Å². The van der Waals surface area contributed by atoms with Crippen molar-refractivity contribution in [2.75, 3.05) is 4.90 Å². The third kappa shape index (κ3) is 4.55. The Bertz CT molecular complexity index is 2850. The molecule has 0 amide bonds. The molecule has 2 aromatic heterocycles. The van der Waals surface area contributed by atoms with Gasteiger partial charge in [-0.2, -0.15) is 0 Å². The summed E-state index contributed by atoms with van der Waals surface area (Å²) in [6.45, 7) is 0. The third-order valence-corrected chi connectivity index (χ3v) is 9.03. The number of rotatable bonds is 5. The number of thiazole rings is 1. The Morgan fingerprint density at radius 3 is 2.20 bits per heavy atom. The van der Waals surface area contributed by atoms with E-state index in [4.69, 9.17) is 16.3 Å². The van der Waals surface area contributed by atoms with Crippen LogP contribution < -0.4 is 4.90 Å². The van der Waals surface area contributed by atoms with Crippen LogP contribution in [0.15, 0.2) is 162 Å². The van der Waals surface area contributed by atoms with E-state index in [9.17, 15) is 2.74 Å². The summed E-state index contributed by atoms with van der Waals surface area (Å²) >= 11 is 1.62. The van der Waals surface area contributed by atoms with Crippen LogP contribution in [0.2, 0.25) is 0 Å². The molecule has 212 valence electrons. The Kier molecular flexibility index (Phi) is 4.55. The Labute approximate surface area is 274 Å². The summed E-state index contributed by atoms with van der Waals surface area (Å²) in [6, 6.07) is 34.4. The summed E-state index contributed by atoms with van der Waals surface area (Å²) < 4.78 is 68.7. The average Bonchev–Trinajstić information content (AvgIpc) is 3.78. The molecule has 9 aromatic rings. The maximum atomic E-state index is 9.38. The van der Waals surface area contributed by atoms with Crippen molar-refractivity contribution in [3.8, 4) is 21.7 Å². The van der Waals surface area contributed by atoms with E-state index in [-0.39, 0.29) is 34.6 Å². The van der Waals surface area contributed by atoms with Gasteiger partial charge in [0.25, 0.3) is 0 Å². The molecule has 0 aliphatic rings. The third-order valence-electron chi connectivity index (χ3n) is 7.95. The van der Waals surface area contributed by atoms with Crippen LogP contribution in [-0.4, -0.2) is 4.98 Å². The molecule has 2 heterocycles. The van der Waals surface area contributed by atoms with Gasteiger partial charge in [-0.25, -0.2) is 4.98 Å². The minimum absolute atomic E-state index is 0.0280. The van der Waals surface area contributed by atoms with E-state index in [0.29, 0.717) is 22.5 Å². The van der Waals surface area contributed by atoms with Crippen molar-refractivity contribution in [2.24, 2.45) is 0 Å². The van der Waals surface area contributed by atoms with Gasteiger partial charge in [-0.15, -0.1) is 11.3 Å². The molecule has 0 saturated carbocycles. The van der Waals surface area contributed by atoms with Gasteiger partial charge in [0, 0.05) is 33.4 Å². The number of para-hydroxylation sites is 1. The number of hydrogen-bond acceptors (Lipinski definition) is 4. The lowest BCUT2D eigenvalue weighted by Crippen LogP contribution is -2.09. The summed E-state index contributed by atoms with van der Waals surface area (Å²) in [6.07, 6.45) is 0. The van der Waals surface area contributed by atoms with Crippen molar-refractivity contribution in [3.05, 3.63) is 158 Å². The molecule has 3 nitrogen and oxygen atoms in total. The van der Waals surface area contributed by atoms with Gasteiger partial charge >= 0.3 is 0 Å². The highest BCUT2D eigenvalue weighted by Crippen LogP contribution is 2.41. The molecule has 0 fully saturated rings. The van der Waals surface area contributed by atoms with Gasteiger partial charge in [0.2, 0.25) is 0 Å². The molecule has 7 aromatic carbocycles. The molecule has 9 rings (SSSR count). The van der Waals surface area contributed by atoms with Crippen LogP contribution >= 0.6 is 11.3 Å². The summed E-state index contributed by atoms with van der Waals surface area (Å²) in [5.74, 6) is 0. The number of furan rings is 1. The molecule has 0 spiro atoms. The van der Waals surface area contributed by atoms with E-state index in [1.807, 2.05) is 109 Å². The molecule has 0 atom stereocenters. The first kappa shape index (κ1) is 19.5. The SMILES string of the molecule is [2H]c1c([2H])c([2H])c2c([2H])c(N(c3ccc(-c4ccccc4)cc3)c3ccc4oc5cc(-c6nc7ccccc7s6)ccc5c4c3)c([2H])c([2H])c2c1[2H]. The molecule has 4 heteroatoms. The predicted octanol–water partition coefficient (Wildman–Crippen LogP) is 12.2. The zero-order valence-electron chi connectivity index (χ0n) is 30.7. The fourth-order valence-corrected chi connectivity index (χ4v) is 6.72. The van der Waals surface area contributed by atoms with Crippen LogP contribution in [0, 0.1) is 0 Å². The zero-order chi connectivity index (χ0) is 35.8. The van der Waals surface area contributed by atoms with Gasteiger partial charge < -0.3 is 9.32 Å². The van der Waals surface area contributed by atoms with Crippen molar-refractivity contribution >= 4 is 71.3 Å². The fourth-order valence-electron chi connectivity index (χ4n) is 5.76. The first-order chi connectivity index (χ1) is 25.2. The van der Waals surface area contributed by atoms with Gasteiger partial charge in [0.05, 0.1) is 19.8 Å². The van der Waals surface area contributed by atoms with Gasteiger partial charge in [-0.1, -0.05) is 90.9 Å². The van der Waals surface area contributed by atoms with Crippen LogP contribution in [0.5, 0.6) is 0 Å². The highest BCUT2D eigenvalue weighted by Gasteiger charge is 2.17. The highest BCUT2D eigenvalue weighted by molar-refractivity contribution is 7.21. The van der Waals surface area contributed by atoms with E-state index >= 15 is 0 Å². The largest absolute Gasteiger partial charge is 0.456 e. The van der Waals surface area contributed by atoms with Crippen LogP contribution in [0.3, 0.4) is 0 Å². The van der Waals surface area contributed by atoms with Crippen LogP contribution in [0.1, 0.15) is 9.60 Å². The number of nitrogens with zero attached hydrogens (tertiary/aromatic N) is 2. The number of anilines is 3. The fraction of sp³-hybridized carbons (Fsp3) is 0. The van der Waals surface area contributed by atoms with Gasteiger partial charge in [-0.3, -0.25) is 0 Å². The van der Waals surface area contributed by atoms with Crippen molar-refractivity contribution in [3.63, 3.8) is 0 Å². The van der Waals surface area contributed by atoms with Gasteiger partial charge in [0.15, 0.2) is 0 Å². The summed E-state index contributed by atoms with van der Waals surface area (Å²) in [5.41, 5.74) is 6.41. The van der Waals surface area contributed by atoms with Crippen LogP contribution in [0.4, 0.5) is 17.1 Å². The van der Waals surface area contributed by atoms with Crippen molar-refractivity contribution in [1.29, 1.82) is 0 Å². The molecule has 0 unspecified atom stereocenters. The van der Waals surface area contributed by atoms with E-state index in [1.54, 1.807) is 16.2 Å². The van der Waals surface area contributed by atoms with E-state index in [0.717, 1.165) is 42.7 Å². The lowest BCUT2D eigenvalue weighted by molar-refractivity contribution is 0.669. The van der Waals surface area contributed by atoms with E-state index in [1.165, 1.54) is 0 Å². The number of fused-ring (bicyclic) bond motifs is 5. The van der Waals surface area contributed by atoms with Gasteiger partial charge in [0.1, 0.15) is 16.2 Å². The van der Waals surface area contributed by atoms with E-state index in [2.05, 4.69) is 6.07 Å². The minimum atomic E-state index is -0.505. The number of benzene rings is 7. The second-order valence-electron chi connectivity index (χ2n) is 10.7. The normalized spacial score (nSPS) is 13.7. The lowest BCUT2D eigenvalue weighted by Gasteiger charge is -2.26. The number of aromatic nitrogens is 1. The molecule has 0 bridgehead atoms. The molecule has 45 heavy (non-hydrogen) atoms. The highest BCUT2D eigenvalue weighted by atomic mass is 32.1. The lowest BCUT2D eigenvalue weighted by atomic mass is 10.0. The Balaban J connectivity index is 1.25. The second-order valence-corrected chi connectivity index (χ2v) is 11.7. The maximum Gasteiger partial charge on any atom is 0.136 e. The first-order valence-corrected chi connectivity index (χ1v) is 15.3. The maximum absolute atomic E-state index is 9.38. The molecule has 0 N–H and O–H groups in total. The molecular weight excluding hydrogens is 569 g/mol. The van der Waals surface area contributed by atoms with Crippen molar-refractivity contribution < 1.29 is 14.0 Å². The molecule has 0 radical (unpaired) electrons. The van der Waals surface area contributed by atoms with Gasteiger partial charge in [-0.05, 0) is 88.6 Å². The summed E-state index contributed by atoms with van der Waals surface area (Å²) in [4.78, 5) is 6.53. The smallest absolute Gasteiger partial charge is 0.136 e. The molecule has 0 saturated heterocycles. The zero-order valence-corrected chi connectivity index (χ0v) is 24.5. The Morgan fingerprint density at radius 1 is 0.578 bits per heavy atom. The minimum Gasteiger partial charge on any atom is -0.456 e. The summed E-state index contributed by atoms with van der Waals surface area (Å²) in [7, 11) is 0. The Hall–Kier alpha value is -5.71. The van der Waals surface area contributed by atoms with Crippen LogP contribution in [0.25, 0.3) is 64.6 Å². The van der Waals surface area contributed by atoms with Crippen molar-refractivity contribution in [1.82, 2.24) is 4.98 Å². The Morgan fingerprint density at radius 2 is 1.33 bits per heavy atom. The number of hydrogen-bond donors (Lipinski definition) is 0. The topological polar surface area (TPSA) is 29.3 Å². The quantitative estimate of drug-likeness (QED) is 0.196. The molecule has 0 aliphatic carbocycles. The second kappa shape index (κ2) is 10.5. The molecular formula is C41H26N2OS. The van der Waals surface area contributed by atoms with Crippen molar-refractivity contribution in [2.45, 2.75) is 0 Å². The first-order valence-electron chi connectivity index (χ1n) is 18.0. The van der Waals surface area contributed by atoms with E-state index < -0.39 is 24.2 Å².